The van der Waals surface area contributed by atoms with Crippen LogP contribution in [0.4, 0.5) is 17.2 Å². The van der Waals surface area contributed by atoms with Crippen LogP contribution in [0.25, 0.3) is 0 Å². The smallest absolute Gasteiger partial charge is 0.293 e. The highest BCUT2D eigenvalue weighted by molar-refractivity contribution is 5.95. The number of piperazine rings is 1. The minimum atomic E-state index is -0.443. The molecule has 0 atom stereocenters. The number of nitro benzene ring substituents is 1. The van der Waals surface area contributed by atoms with Crippen LogP contribution in [0.1, 0.15) is 17.3 Å². The maximum Gasteiger partial charge on any atom is 0.293 e. The fourth-order valence-corrected chi connectivity index (χ4v) is 2.92. The molecule has 2 heterocycles. The van der Waals surface area contributed by atoms with Crippen molar-refractivity contribution in [2.45, 2.75) is 6.92 Å². The molecule has 0 N–H and O–H groups in total. The summed E-state index contributed by atoms with van der Waals surface area (Å²) in [7, 11) is 1.54. The maximum absolute atomic E-state index is 11.5. The van der Waals surface area contributed by atoms with Crippen LogP contribution in [0, 0.1) is 10.1 Å². The lowest BCUT2D eigenvalue weighted by Gasteiger charge is -2.36. The Kier molecular flexibility index (Phi) is 4.97. The zero-order chi connectivity index (χ0) is 18.7. The zero-order valence-corrected chi connectivity index (χ0v) is 14.6. The lowest BCUT2D eigenvalue weighted by atomic mass is 10.1. The molecule has 0 amide bonds. The van der Waals surface area contributed by atoms with Crippen molar-refractivity contribution in [1.82, 2.24) is 9.97 Å². The molecule has 26 heavy (non-hydrogen) atoms. The van der Waals surface area contributed by atoms with Gasteiger partial charge in [0.15, 0.2) is 11.6 Å². The number of hydrogen-bond acceptors (Lipinski definition) is 8. The van der Waals surface area contributed by atoms with Crippen LogP contribution >= 0.6 is 0 Å². The zero-order valence-electron chi connectivity index (χ0n) is 14.6. The average molecular weight is 357 g/mol. The number of Topliss-reactive ketones (excluding diaryl/α,β-unsaturated/α-hetero) is 1. The van der Waals surface area contributed by atoms with E-state index in [2.05, 4.69) is 14.9 Å². The van der Waals surface area contributed by atoms with Gasteiger partial charge in [-0.1, -0.05) is 0 Å². The predicted octanol–water partition coefficient (Wildman–Crippen LogP) is 1.92. The fourth-order valence-electron chi connectivity index (χ4n) is 2.92. The van der Waals surface area contributed by atoms with Crippen molar-refractivity contribution in [2.75, 3.05) is 43.1 Å². The van der Waals surface area contributed by atoms with Gasteiger partial charge in [0, 0.05) is 37.8 Å². The summed E-state index contributed by atoms with van der Waals surface area (Å²) in [4.78, 5) is 35.0. The first-order valence-electron chi connectivity index (χ1n) is 8.15. The molecule has 1 saturated heterocycles. The van der Waals surface area contributed by atoms with E-state index in [1.807, 2.05) is 4.90 Å². The van der Waals surface area contributed by atoms with Crippen molar-refractivity contribution in [1.29, 1.82) is 0 Å². The Morgan fingerprint density at radius 3 is 2.50 bits per heavy atom. The third kappa shape index (κ3) is 3.56. The van der Waals surface area contributed by atoms with Crippen molar-refractivity contribution >= 4 is 23.0 Å². The number of benzene rings is 1. The van der Waals surface area contributed by atoms with E-state index >= 15 is 0 Å². The molecular formula is C17H19N5O4. The molecule has 1 aliphatic heterocycles. The second-order valence-electron chi connectivity index (χ2n) is 5.91. The molecule has 1 fully saturated rings. The lowest BCUT2D eigenvalue weighted by Crippen LogP contribution is -2.47. The first-order valence-corrected chi connectivity index (χ1v) is 8.15. The molecule has 3 rings (SSSR count). The molecule has 136 valence electrons. The van der Waals surface area contributed by atoms with E-state index in [9.17, 15) is 14.9 Å². The molecule has 1 aromatic carbocycles. The minimum absolute atomic E-state index is 0.0488. The average Bonchev–Trinajstić information content (AvgIpc) is 2.67. The Bertz CT molecular complexity index is 834. The van der Waals surface area contributed by atoms with Crippen LogP contribution in [-0.4, -0.2) is 54.0 Å². The number of carbonyl (C=O) groups excluding carboxylic acids is 1. The molecule has 0 unspecified atom stereocenters. The van der Waals surface area contributed by atoms with Gasteiger partial charge < -0.3 is 14.5 Å². The minimum Gasteiger partial charge on any atom is -0.480 e. The van der Waals surface area contributed by atoms with E-state index in [1.165, 1.54) is 20.1 Å². The van der Waals surface area contributed by atoms with Gasteiger partial charge in [0.2, 0.25) is 5.88 Å². The quantitative estimate of drug-likeness (QED) is 0.454. The van der Waals surface area contributed by atoms with Crippen LogP contribution in [0.3, 0.4) is 0 Å². The van der Waals surface area contributed by atoms with E-state index in [0.717, 1.165) is 0 Å². The van der Waals surface area contributed by atoms with Crippen molar-refractivity contribution < 1.29 is 14.5 Å². The Morgan fingerprint density at radius 1 is 1.19 bits per heavy atom. The molecule has 2 aromatic rings. The number of ether oxygens (including phenoxy) is 1. The van der Waals surface area contributed by atoms with E-state index in [4.69, 9.17) is 4.74 Å². The molecule has 0 bridgehead atoms. The van der Waals surface area contributed by atoms with E-state index in [1.54, 1.807) is 24.5 Å². The molecule has 0 aliphatic carbocycles. The number of rotatable bonds is 5. The van der Waals surface area contributed by atoms with Gasteiger partial charge in [-0.3, -0.25) is 19.9 Å². The topological polar surface area (TPSA) is 102 Å². The Labute approximate surface area is 150 Å². The highest BCUT2D eigenvalue weighted by Gasteiger charge is 2.25. The number of hydrogen-bond donors (Lipinski definition) is 0. The Hall–Kier alpha value is -3.23. The molecule has 1 aliphatic rings. The van der Waals surface area contributed by atoms with Crippen molar-refractivity contribution in [3.05, 3.63) is 46.3 Å². The first kappa shape index (κ1) is 17.6. The van der Waals surface area contributed by atoms with Gasteiger partial charge in [-0.2, -0.15) is 4.98 Å². The number of anilines is 2. The van der Waals surface area contributed by atoms with Crippen molar-refractivity contribution in [2.24, 2.45) is 0 Å². The Morgan fingerprint density at radius 2 is 1.88 bits per heavy atom. The van der Waals surface area contributed by atoms with Gasteiger partial charge in [-0.05, 0) is 19.1 Å². The summed E-state index contributed by atoms with van der Waals surface area (Å²) in [6.07, 6.45) is 3.21. The van der Waals surface area contributed by atoms with Gasteiger partial charge in [-0.25, -0.2) is 0 Å². The number of ketones is 1. The molecule has 0 radical (unpaired) electrons. The van der Waals surface area contributed by atoms with Crippen LogP contribution in [-0.2, 0) is 0 Å². The molecule has 9 heteroatoms. The van der Waals surface area contributed by atoms with Gasteiger partial charge >= 0.3 is 0 Å². The lowest BCUT2D eigenvalue weighted by molar-refractivity contribution is -0.384. The summed E-state index contributed by atoms with van der Waals surface area (Å²) in [5.74, 6) is 0.965. The monoisotopic (exact) mass is 357 g/mol. The maximum atomic E-state index is 11.5. The normalized spacial score (nSPS) is 14.2. The predicted molar refractivity (Wildman–Crippen MR) is 96.1 cm³/mol. The molecular weight excluding hydrogens is 338 g/mol. The number of nitrogens with zero attached hydrogens (tertiary/aromatic N) is 5. The summed E-state index contributed by atoms with van der Waals surface area (Å²) in [5, 5.41) is 11.4. The summed E-state index contributed by atoms with van der Waals surface area (Å²) in [5.41, 5.74) is 0.814. The SMILES string of the molecule is COc1cncc(N2CCN(c3ccc(C(C)=O)cc3[N+](=O)[O-])CC2)n1. The summed E-state index contributed by atoms with van der Waals surface area (Å²) < 4.78 is 5.10. The first-order chi connectivity index (χ1) is 12.5. The summed E-state index contributed by atoms with van der Waals surface area (Å²) >= 11 is 0. The molecule has 1 aromatic heterocycles. The third-order valence-corrected chi connectivity index (χ3v) is 4.33. The van der Waals surface area contributed by atoms with E-state index in [0.29, 0.717) is 49.1 Å². The van der Waals surface area contributed by atoms with Gasteiger partial charge in [-0.15, -0.1) is 0 Å². The largest absolute Gasteiger partial charge is 0.480 e. The second kappa shape index (κ2) is 7.34. The van der Waals surface area contributed by atoms with Gasteiger partial charge in [0.25, 0.3) is 5.69 Å². The Balaban J connectivity index is 1.77. The molecule has 0 spiro atoms. The van der Waals surface area contributed by atoms with E-state index in [-0.39, 0.29) is 11.5 Å². The fraction of sp³-hybridized carbons (Fsp3) is 0.353. The van der Waals surface area contributed by atoms with Crippen LogP contribution in [0.2, 0.25) is 0 Å². The standard InChI is InChI=1S/C17H19N5O4/c1-12(23)13-3-4-14(15(9-13)22(24)25)20-5-7-21(8-6-20)16-10-18-11-17(19-16)26-2/h3-4,9-11H,5-8H2,1-2H3. The van der Waals surface area contributed by atoms with Crippen LogP contribution < -0.4 is 14.5 Å². The highest BCUT2D eigenvalue weighted by atomic mass is 16.6. The van der Waals surface area contributed by atoms with Crippen LogP contribution in [0.15, 0.2) is 30.6 Å². The van der Waals surface area contributed by atoms with Crippen molar-refractivity contribution in [3.8, 4) is 5.88 Å². The van der Waals surface area contributed by atoms with Gasteiger partial charge in [0.05, 0.1) is 24.4 Å². The molecule has 0 saturated carbocycles. The summed E-state index contributed by atoms with van der Waals surface area (Å²) in [6, 6.07) is 4.62. The second-order valence-corrected chi connectivity index (χ2v) is 5.91. The number of carbonyl (C=O) groups is 1. The number of aromatic nitrogens is 2. The van der Waals surface area contributed by atoms with E-state index < -0.39 is 4.92 Å². The highest BCUT2D eigenvalue weighted by Crippen LogP contribution is 2.30. The van der Waals surface area contributed by atoms with Gasteiger partial charge in [0.1, 0.15) is 5.69 Å². The van der Waals surface area contributed by atoms with Crippen molar-refractivity contribution in [3.63, 3.8) is 0 Å². The summed E-state index contributed by atoms with van der Waals surface area (Å²) in [6.45, 7) is 3.88. The number of methoxy groups -OCH3 is 1. The third-order valence-electron chi connectivity index (χ3n) is 4.33. The molecule has 9 nitrogen and oxygen atoms in total. The number of nitro groups is 1. The van der Waals surface area contributed by atoms with Crippen LogP contribution in [0.5, 0.6) is 5.88 Å².